The van der Waals surface area contributed by atoms with Gasteiger partial charge in [-0.15, -0.1) is 11.3 Å². The third kappa shape index (κ3) is 2.58. The molecule has 0 fully saturated rings. The molecule has 2 heterocycles. The van der Waals surface area contributed by atoms with Crippen LogP contribution in [0.25, 0.3) is 31.7 Å². The average Bonchev–Trinajstić information content (AvgIpc) is 3.00. The minimum atomic E-state index is 1.10. The molecule has 2 aromatic heterocycles. The van der Waals surface area contributed by atoms with Gasteiger partial charge in [-0.25, -0.2) is 0 Å². The number of benzene rings is 2. The van der Waals surface area contributed by atoms with Crippen LogP contribution in [0.15, 0.2) is 77.5 Å². The van der Waals surface area contributed by atoms with E-state index in [4.69, 9.17) is 0 Å². The topological polar surface area (TPSA) is 12.9 Å². The molecule has 0 radical (unpaired) electrons. The maximum absolute atomic E-state index is 4.19. The largest absolute Gasteiger partial charge is 0.263 e. The number of pyridine rings is 1. The molecule has 4 rings (SSSR count). The van der Waals surface area contributed by atoms with Crippen molar-refractivity contribution in [1.82, 2.24) is 4.98 Å². The summed E-state index contributed by atoms with van der Waals surface area (Å²) in [5, 5.41) is 1.26. The zero-order valence-corrected chi connectivity index (χ0v) is 14.1. The Labute approximate surface area is 141 Å². The molecule has 0 saturated heterocycles. The van der Waals surface area contributed by atoms with Crippen LogP contribution in [0.3, 0.4) is 0 Å². The van der Waals surface area contributed by atoms with Crippen LogP contribution in [-0.2, 0) is 0 Å². The highest BCUT2D eigenvalue weighted by atomic mass is 79.9. The Morgan fingerprint density at radius 1 is 0.773 bits per heavy atom. The van der Waals surface area contributed by atoms with E-state index in [9.17, 15) is 0 Å². The fourth-order valence-corrected chi connectivity index (χ4v) is 3.80. The maximum atomic E-state index is 4.19. The quantitative estimate of drug-likeness (QED) is 0.400. The molecule has 2 aromatic carbocycles. The first-order chi connectivity index (χ1) is 10.8. The summed E-state index contributed by atoms with van der Waals surface area (Å²) in [6.45, 7) is 0. The van der Waals surface area contributed by atoms with Gasteiger partial charge in [0.05, 0.1) is 4.70 Å². The van der Waals surface area contributed by atoms with Crippen LogP contribution in [0.4, 0.5) is 0 Å². The van der Waals surface area contributed by atoms with Crippen LogP contribution < -0.4 is 0 Å². The van der Waals surface area contributed by atoms with E-state index in [1.165, 1.54) is 31.7 Å². The van der Waals surface area contributed by atoms with Gasteiger partial charge in [0, 0.05) is 21.7 Å². The van der Waals surface area contributed by atoms with Crippen molar-refractivity contribution in [1.29, 1.82) is 0 Å². The third-order valence-corrected chi connectivity index (χ3v) is 5.33. The second-order valence-corrected chi connectivity index (χ2v) is 7.11. The lowest BCUT2D eigenvalue weighted by atomic mass is 10.0. The molecule has 0 bridgehead atoms. The maximum Gasteiger partial charge on any atom is 0.0532 e. The first-order valence-electron chi connectivity index (χ1n) is 6.99. The van der Waals surface area contributed by atoms with E-state index < -0.39 is 0 Å². The number of thiophene rings is 1. The molecule has 3 heteroatoms. The molecular weight excluding hydrogens is 354 g/mol. The zero-order chi connectivity index (χ0) is 14.9. The third-order valence-electron chi connectivity index (χ3n) is 3.67. The molecule has 1 nitrogen and oxygen atoms in total. The lowest BCUT2D eigenvalue weighted by Crippen LogP contribution is -1.78. The second-order valence-electron chi connectivity index (χ2n) is 5.11. The van der Waals surface area contributed by atoms with Gasteiger partial charge in [0.15, 0.2) is 0 Å². The van der Waals surface area contributed by atoms with E-state index in [0.29, 0.717) is 0 Å². The highest BCUT2D eigenvalue weighted by molar-refractivity contribution is 9.10. The van der Waals surface area contributed by atoms with E-state index in [1.54, 1.807) is 11.3 Å². The summed E-state index contributed by atoms with van der Waals surface area (Å²) in [5.74, 6) is 0. The number of aromatic nitrogens is 1. The molecule has 0 N–H and O–H groups in total. The predicted molar refractivity (Wildman–Crippen MR) is 98.2 cm³/mol. The minimum absolute atomic E-state index is 1.10. The number of rotatable bonds is 2. The second kappa shape index (κ2) is 5.67. The van der Waals surface area contributed by atoms with Gasteiger partial charge >= 0.3 is 0 Å². The molecule has 22 heavy (non-hydrogen) atoms. The number of nitrogens with zero attached hydrogens (tertiary/aromatic N) is 1. The monoisotopic (exact) mass is 365 g/mol. The van der Waals surface area contributed by atoms with Crippen molar-refractivity contribution in [2.75, 3.05) is 0 Å². The van der Waals surface area contributed by atoms with Crippen LogP contribution in [-0.4, -0.2) is 4.98 Å². The van der Waals surface area contributed by atoms with Crippen LogP contribution >= 0.6 is 27.3 Å². The molecule has 0 spiro atoms. The van der Waals surface area contributed by atoms with Gasteiger partial charge in [0.1, 0.15) is 0 Å². The predicted octanol–water partition coefficient (Wildman–Crippen LogP) is 6.39. The zero-order valence-electron chi connectivity index (χ0n) is 11.7. The summed E-state index contributed by atoms with van der Waals surface area (Å²) in [7, 11) is 0. The number of fused-ring (bicyclic) bond motifs is 1. The van der Waals surface area contributed by atoms with Gasteiger partial charge in [0.25, 0.3) is 0 Å². The summed E-state index contributed by atoms with van der Waals surface area (Å²) in [6.07, 6.45) is 3.77. The van der Waals surface area contributed by atoms with Crippen molar-refractivity contribution in [3.05, 3.63) is 77.5 Å². The Hall–Kier alpha value is -1.97. The first kappa shape index (κ1) is 13.7. The van der Waals surface area contributed by atoms with Gasteiger partial charge < -0.3 is 0 Å². The van der Waals surface area contributed by atoms with Gasteiger partial charge in [-0.05, 0) is 46.3 Å². The van der Waals surface area contributed by atoms with Crippen molar-refractivity contribution in [2.24, 2.45) is 0 Å². The summed E-state index contributed by atoms with van der Waals surface area (Å²) in [4.78, 5) is 5.47. The summed E-state index contributed by atoms with van der Waals surface area (Å²) < 4.78 is 2.33. The molecule has 0 aliphatic carbocycles. The smallest absolute Gasteiger partial charge is 0.0532 e. The highest BCUT2D eigenvalue weighted by Crippen LogP contribution is 2.34. The van der Waals surface area contributed by atoms with Gasteiger partial charge in [-0.1, -0.05) is 52.3 Å². The summed E-state index contributed by atoms with van der Waals surface area (Å²) >= 11 is 5.26. The fourth-order valence-electron chi connectivity index (χ4n) is 2.50. The molecule has 4 aromatic rings. The lowest BCUT2D eigenvalue weighted by Gasteiger charge is -2.03. The van der Waals surface area contributed by atoms with Crippen LogP contribution in [0.5, 0.6) is 0 Å². The lowest BCUT2D eigenvalue weighted by molar-refractivity contribution is 1.37. The van der Waals surface area contributed by atoms with Crippen molar-refractivity contribution in [3.63, 3.8) is 0 Å². The molecule has 106 valence electrons. The summed E-state index contributed by atoms with van der Waals surface area (Å²) in [5.41, 5.74) is 3.72. The Kier molecular flexibility index (Phi) is 3.53. The number of hydrogen-bond donors (Lipinski definition) is 0. The first-order valence-corrected chi connectivity index (χ1v) is 8.60. The summed E-state index contributed by atoms with van der Waals surface area (Å²) in [6, 6.07) is 21.4. The minimum Gasteiger partial charge on any atom is -0.263 e. The van der Waals surface area contributed by atoms with Crippen LogP contribution in [0.2, 0.25) is 0 Å². The highest BCUT2D eigenvalue weighted by Gasteiger charge is 2.05. The number of halogens is 1. The van der Waals surface area contributed by atoms with Crippen molar-refractivity contribution >= 4 is 37.4 Å². The SMILES string of the molecule is Brc1ccc(-c2ccc(-c3cc4ccncc4s3)cc2)cc1. The molecule has 0 atom stereocenters. The molecular formula is C19H12BrNS. The number of hydrogen-bond acceptors (Lipinski definition) is 2. The van der Waals surface area contributed by atoms with Crippen LogP contribution in [0.1, 0.15) is 0 Å². The molecule has 0 aliphatic rings. The molecule has 0 aliphatic heterocycles. The molecule has 0 amide bonds. The molecule has 0 saturated carbocycles. The van der Waals surface area contributed by atoms with E-state index in [1.807, 2.05) is 12.4 Å². The van der Waals surface area contributed by atoms with Crippen molar-refractivity contribution < 1.29 is 0 Å². The van der Waals surface area contributed by atoms with E-state index in [0.717, 1.165) is 4.47 Å². The van der Waals surface area contributed by atoms with Crippen molar-refractivity contribution in [2.45, 2.75) is 0 Å². The van der Waals surface area contributed by atoms with Crippen molar-refractivity contribution in [3.8, 4) is 21.6 Å². The van der Waals surface area contributed by atoms with Gasteiger partial charge in [-0.2, -0.15) is 0 Å². The Balaban J connectivity index is 1.70. The van der Waals surface area contributed by atoms with E-state index >= 15 is 0 Å². The van der Waals surface area contributed by atoms with E-state index in [-0.39, 0.29) is 0 Å². The van der Waals surface area contributed by atoms with E-state index in [2.05, 4.69) is 81.6 Å². The van der Waals surface area contributed by atoms with Gasteiger partial charge in [0.2, 0.25) is 0 Å². The van der Waals surface area contributed by atoms with Gasteiger partial charge in [-0.3, -0.25) is 4.98 Å². The van der Waals surface area contributed by atoms with Crippen LogP contribution in [0, 0.1) is 0 Å². The fraction of sp³-hybridized carbons (Fsp3) is 0. The average molecular weight is 366 g/mol. The molecule has 0 unspecified atom stereocenters. The standard InChI is InChI=1S/C19H12BrNS/c20-17-7-5-14(6-8-17)13-1-3-15(4-2-13)18-11-16-9-10-21-12-19(16)22-18/h1-12H. The normalized spacial score (nSPS) is 11.0. The Bertz CT molecular complexity index is 891. The Morgan fingerprint density at radius 3 is 2.09 bits per heavy atom. The Morgan fingerprint density at radius 2 is 1.41 bits per heavy atom.